The summed E-state index contributed by atoms with van der Waals surface area (Å²) in [6, 6.07) is 19.0. The van der Waals surface area contributed by atoms with E-state index in [9.17, 15) is 14.4 Å². The van der Waals surface area contributed by atoms with Gasteiger partial charge in [0.2, 0.25) is 5.91 Å². The summed E-state index contributed by atoms with van der Waals surface area (Å²) >= 11 is 7.94. The van der Waals surface area contributed by atoms with Gasteiger partial charge in [-0.1, -0.05) is 23.7 Å². The maximum atomic E-state index is 12.7. The minimum absolute atomic E-state index is 0.157. The molecule has 0 bridgehead atoms. The molecule has 32 heavy (non-hydrogen) atoms. The molecule has 0 fully saturated rings. The number of thioether (sulfide) groups is 1. The first-order valence-corrected chi connectivity index (χ1v) is 11.2. The van der Waals surface area contributed by atoms with E-state index in [1.165, 1.54) is 6.07 Å². The maximum absolute atomic E-state index is 12.7. The number of amides is 3. The van der Waals surface area contributed by atoms with E-state index in [0.29, 0.717) is 29.0 Å². The van der Waals surface area contributed by atoms with Crippen molar-refractivity contribution in [1.29, 1.82) is 0 Å². The smallest absolute Gasteiger partial charge is 0.266 e. The highest BCUT2D eigenvalue weighted by atomic mass is 35.5. The van der Waals surface area contributed by atoms with Gasteiger partial charge in [-0.25, -0.2) is 4.90 Å². The molecular weight excluding hydrogens is 448 g/mol. The number of hydrogen-bond acceptors (Lipinski definition) is 5. The van der Waals surface area contributed by atoms with Crippen LogP contribution in [0.5, 0.6) is 5.75 Å². The summed E-state index contributed by atoms with van der Waals surface area (Å²) in [5.41, 5.74) is 1.47. The minimum atomic E-state index is -0.417. The Morgan fingerprint density at radius 2 is 1.66 bits per heavy atom. The number of nitrogens with one attached hydrogen (secondary N) is 1. The zero-order chi connectivity index (χ0) is 22.7. The lowest BCUT2D eigenvalue weighted by atomic mass is 10.1. The van der Waals surface area contributed by atoms with E-state index in [2.05, 4.69) is 5.32 Å². The number of halogens is 1. The van der Waals surface area contributed by atoms with E-state index in [1.54, 1.807) is 55.3 Å². The number of carbonyl (C=O) groups excluding carboxylic acids is 3. The van der Waals surface area contributed by atoms with Gasteiger partial charge in [0, 0.05) is 22.8 Å². The largest absolute Gasteiger partial charge is 0.497 e. The van der Waals surface area contributed by atoms with E-state index in [0.717, 1.165) is 15.5 Å². The average molecular weight is 467 g/mol. The zero-order valence-electron chi connectivity index (χ0n) is 17.1. The molecule has 3 amide bonds. The third-order valence-electron chi connectivity index (χ3n) is 4.92. The molecule has 0 spiro atoms. The highest BCUT2D eigenvalue weighted by Crippen LogP contribution is 2.35. The van der Waals surface area contributed by atoms with Crippen LogP contribution in [0.1, 0.15) is 27.1 Å². The average Bonchev–Trinajstić information content (AvgIpc) is 3.05. The number of anilines is 2. The van der Waals surface area contributed by atoms with Crippen molar-refractivity contribution in [3.63, 3.8) is 0 Å². The van der Waals surface area contributed by atoms with Gasteiger partial charge in [0.1, 0.15) is 5.75 Å². The van der Waals surface area contributed by atoms with Gasteiger partial charge in [-0.15, -0.1) is 11.8 Å². The molecule has 0 aromatic heterocycles. The Kier molecular flexibility index (Phi) is 6.48. The number of hydrogen-bond donors (Lipinski definition) is 1. The van der Waals surface area contributed by atoms with Gasteiger partial charge in [-0.2, -0.15) is 0 Å². The SMILES string of the molecule is COc1ccc(SCCC(=O)Nc2ccc(N3C(=O)c4ccccc4C3=O)c(Cl)c2)cc1. The lowest BCUT2D eigenvalue weighted by Gasteiger charge is -2.16. The van der Waals surface area contributed by atoms with Crippen LogP contribution in [0.3, 0.4) is 0 Å². The van der Waals surface area contributed by atoms with E-state index >= 15 is 0 Å². The van der Waals surface area contributed by atoms with Gasteiger partial charge in [-0.05, 0) is 54.6 Å². The fourth-order valence-corrected chi connectivity index (χ4v) is 4.45. The molecule has 3 aromatic carbocycles. The number of nitrogens with zero attached hydrogens (tertiary/aromatic N) is 1. The molecule has 0 unspecified atom stereocenters. The highest BCUT2D eigenvalue weighted by Gasteiger charge is 2.37. The Balaban J connectivity index is 1.36. The minimum Gasteiger partial charge on any atom is -0.497 e. The molecule has 0 saturated carbocycles. The van der Waals surface area contributed by atoms with Gasteiger partial charge in [0.05, 0.1) is 28.9 Å². The lowest BCUT2D eigenvalue weighted by Crippen LogP contribution is -2.29. The zero-order valence-corrected chi connectivity index (χ0v) is 18.7. The summed E-state index contributed by atoms with van der Waals surface area (Å²) in [6.07, 6.45) is 0.314. The number of rotatable bonds is 7. The molecule has 0 atom stereocenters. The van der Waals surface area contributed by atoms with Crippen LogP contribution in [0, 0.1) is 0 Å². The highest BCUT2D eigenvalue weighted by molar-refractivity contribution is 7.99. The first-order valence-electron chi connectivity index (χ1n) is 9.82. The van der Waals surface area contributed by atoms with Gasteiger partial charge in [0.15, 0.2) is 0 Å². The standard InChI is InChI=1S/C24H19ClN2O4S/c1-31-16-7-9-17(10-8-16)32-13-12-22(28)26-15-6-11-21(20(25)14-15)27-23(29)18-4-2-3-5-19(18)24(27)30/h2-11,14H,12-13H2,1H3,(H,26,28). The van der Waals surface area contributed by atoms with Crippen molar-refractivity contribution in [2.45, 2.75) is 11.3 Å². The third-order valence-corrected chi connectivity index (χ3v) is 6.24. The summed E-state index contributed by atoms with van der Waals surface area (Å²) < 4.78 is 5.13. The van der Waals surface area contributed by atoms with Crippen LogP contribution in [-0.4, -0.2) is 30.6 Å². The maximum Gasteiger partial charge on any atom is 0.266 e. The molecule has 3 aromatic rings. The Morgan fingerprint density at radius 1 is 1.00 bits per heavy atom. The van der Waals surface area contributed by atoms with Gasteiger partial charge in [-0.3, -0.25) is 14.4 Å². The molecule has 162 valence electrons. The molecule has 4 rings (SSSR count). The summed E-state index contributed by atoms with van der Waals surface area (Å²) in [6.45, 7) is 0. The second-order valence-corrected chi connectivity index (χ2v) is 8.56. The van der Waals surface area contributed by atoms with E-state index < -0.39 is 11.8 Å². The summed E-state index contributed by atoms with van der Waals surface area (Å²) in [4.78, 5) is 39.7. The molecule has 0 radical (unpaired) electrons. The normalized spacial score (nSPS) is 12.6. The lowest BCUT2D eigenvalue weighted by molar-refractivity contribution is -0.115. The van der Waals surface area contributed by atoms with E-state index in [1.807, 2.05) is 24.3 Å². The number of fused-ring (bicyclic) bond motifs is 1. The van der Waals surface area contributed by atoms with Crippen LogP contribution in [0.4, 0.5) is 11.4 Å². The monoisotopic (exact) mass is 466 g/mol. The number of benzene rings is 3. The van der Waals surface area contributed by atoms with Crippen LogP contribution in [-0.2, 0) is 4.79 Å². The summed E-state index contributed by atoms with van der Waals surface area (Å²) in [7, 11) is 1.62. The molecule has 0 aliphatic carbocycles. The molecule has 8 heteroatoms. The topological polar surface area (TPSA) is 75.7 Å². The quantitative estimate of drug-likeness (QED) is 0.379. The van der Waals surface area contributed by atoms with Crippen LogP contribution in [0.25, 0.3) is 0 Å². The Morgan fingerprint density at radius 3 is 2.25 bits per heavy atom. The number of methoxy groups -OCH3 is 1. The van der Waals surface area contributed by atoms with E-state index in [-0.39, 0.29) is 16.6 Å². The summed E-state index contributed by atoms with van der Waals surface area (Å²) in [5.74, 6) is 0.405. The first kappa shape index (κ1) is 21.9. The van der Waals surface area contributed by atoms with Crippen molar-refractivity contribution in [2.75, 3.05) is 23.1 Å². The Labute approximate surface area is 194 Å². The van der Waals surface area contributed by atoms with Gasteiger partial charge < -0.3 is 10.1 Å². The number of imide groups is 1. The molecule has 1 aliphatic heterocycles. The fraction of sp³-hybridized carbons (Fsp3) is 0.125. The molecule has 1 aliphatic rings. The summed E-state index contributed by atoms with van der Waals surface area (Å²) in [5, 5.41) is 3.00. The Bertz CT molecular complexity index is 1160. The second-order valence-electron chi connectivity index (χ2n) is 6.98. The molecular formula is C24H19ClN2O4S. The molecule has 1 N–H and O–H groups in total. The van der Waals surface area contributed by atoms with Gasteiger partial charge >= 0.3 is 0 Å². The van der Waals surface area contributed by atoms with Crippen molar-refractivity contribution in [1.82, 2.24) is 0 Å². The van der Waals surface area contributed by atoms with Crippen LogP contribution in [0.15, 0.2) is 71.6 Å². The van der Waals surface area contributed by atoms with Crippen LogP contribution >= 0.6 is 23.4 Å². The fourth-order valence-electron chi connectivity index (χ4n) is 3.33. The van der Waals surface area contributed by atoms with Crippen molar-refractivity contribution >= 4 is 52.5 Å². The van der Waals surface area contributed by atoms with Gasteiger partial charge in [0.25, 0.3) is 11.8 Å². The van der Waals surface area contributed by atoms with Crippen LogP contribution < -0.4 is 15.0 Å². The number of carbonyl (C=O) groups is 3. The predicted octanol–water partition coefficient (Wildman–Crippen LogP) is 5.27. The van der Waals surface area contributed by atoms with Crippen LogP contribution in [0.2, 0.25) is 5.02 Å². The molecule has 1 heterocycles. The third kappa shape index (κ3) is 4.49. The van der Waals surface area contributed by atoms with Crippen molar-refractivity contribution < 1.29 is 19.1 Å². The first-order chi connectivity index (χ1) is 15.5. The molecule has 6 nitrogen and oxygen atoms in total. The van der Waals surface area contributed by atoms with Crippen molar-refractivity contribution in [3.8, 4) is 5.75 Å². The van der Waals surface area contributed by atoms with Crippen molar-refractivity contribution in [2.24, 2.45) is 0 Å². The Hall–Kier alpha value is -3.29. The number of ether oxygens (including phenoxy) is 1. The second kappa shape index (κ2) is 9.46. The molecule has 0 saturated heterocycles. The predicted molar refractivity (Wildman–Crippen MR) is 126 cm³/mol. The van der Waals surface area contributed by atoms with Crippen molar-refractivity contribution in [3.05, 3.63) is 82.9 Å². The van der Waals surface area contributed by atoms with E-state index in [4.69, 9.17) is 16.3 Å².